The molecule has 0 spiro atoms. The second-order valence-electron chi connectivity index (χ2n) is 6.52. The van der Waals surface area contributed by atoms with E-state index < -0.39 is 11.8 Å². The summed E-state index contributed by atoms with van der Waals surface area (Å²) < 4.78 is 13.1. The van der Waals surface area contributed by atoms with Gasteiger partial charge in [0.15, 0.2) is 0 Å². The second kappa shape index (κ2) is 7.99. The Morgan fingerprint density at radius 1 is 1.12 bits per heavy atom. The van der Waals surface area contributed by atoms with Crippen molar-refractivity contribution in [2.75, 3.05) is 17.6 Å². The molecule has 0 radical (unpaired) electrons. The molecule has 1 aliphatic heterocycles. The van der Waals surface area contributed by atoms with Gasteiger partial charge >= 0.3 is 11.8 Å². The van der Waals surface area contributed by atoms with Crippen LogP contribution >= 0.6 is 0 Å². The largest absolute Gasteiger partial charge is 0.397 e. The predicted molar refractivity (Wildman–Crippen MR) is 98.9 cm³/mol. The van der Waals surface area contributed by atoms with Crippen molar-refractivity contribution in [3.8, 4) is 0 Å². The lowest BCUT2D eigenvalue weighted by molar-refractivity contribution is -0.145. The number of benzene rings is 2. The molecule has 2 aromatic rings. The highest BCUT2D eigenvalue weighted by Crippen LogP contribution is 2.22. The Morgan fingerprint density at radius 2 is 1.85 bits per heavy atom. The van der Waals surface area contributed by atoms with Crippen LogP contribution in [0.2, 0.25) is 0 Å². The number of rotatable bonds is 3. The van der Waals surface area contributed by atoms with Crippen LogP contribution in [0.15, 0.2) is 48.5 Å². The average molecular weight is 355 g/mol. The third kappa shape index (κ3) is 4.20. The molecule has 5 nitrogen and oxygen atoms in total. The average Bonchev–Trinajstić information content (AvgIpc) is 2.65. The van der Waals surface area contributed by atoms with Gasteiger partial charge in [-0.1, -0.05) is 24.3 Å². The molecule has 2 aromatic carbocycles. The van der Waals surface area contributed by atoms with E-state index in [0.717, 1.165) is 24.8 Å². The molecule has 26 heavy (non-hydrogen) atoms. The molecule has 1 aliphatic rings. The number of likely N-dealkylation sites (tertiary alicyclic amines) is 1. The molecule has 0 saturated carbocycles. The molecule has 1 atom stereocenters. The van der Waals surface area contributed by atoms with Gasteiger partial charge in [-0.2, -0.15) is 0 Å². The van der Waals surface area contributed by atoms with Crippen molar-refractivity contribution in [2.24, 2.45) is 0 Å². The first-order chi connectivity index (χ1) is 12.5. The minimum absolute atomic E-state index is 0.0689. The second-order valence-corrected chi connectivity index (χ2v) is 6.52. The van der Waals surface area contributed by atoms with Crippen molar-refractivity contribution in [3.63, 3.8) is 0 Å². The highest BCUT2D eigenvalue weighted by Gasteiger charge is 2.31. The molecule has 1 fully saturated rings. The Labute approximate surface area is 152 Å². The highest BCUT2D eigenvalue weighted by molar-refractivity contribution is 6.39. The summed E-state index contributed by atoms with van der Waals surface area (Å²) in [6.45, 7) is 0.544. The Bertz CT molecular complexity index is 792. The fourth-order valence-electron chi connectivity index (χ4n) is 3.29. The number of hydrogen-bond acceptors (Lipinski definition) is 3. The number of nitrogens with one attached hydrogen (secondary N) is 1. The normalized spacial score (nSPS) is 17.0. The summed E-state index contributed by atoms with van der Waals surface area (Å²) in [7, 11) is 0. The predicted octanol–water partition coefficient (Wildman–Crippen LogP) is 2.97. The molecule has 136 valence electrons. The first-order valence-corrected chi connectivity index (χ1v) is 8.75. The lowest BCUT2D eigenvalue weighted by atomic mass is 9.95. The van der Waals surface area contributed by atoms with E-state index in [2.05, 4.69) is 5.32 Å². The zero-order valence-corrected chi connectivity index (χ0v) is 14.5. The van der Waals surface area contributed by atoms with Crippen LogP contribution in [0.5, 0.6) is 0 Å². The van der Waals surface area contributed by atoms with Gasteiger partial charge in [0.1, 0.15) is 5.82 Å². The van der Waals surface area contributed by atoms with Crippen LogP contribution in [0.1, 0.15) is 24.8 Å². The van der Waals surface area contributed by atoms with Gasteiger partial charge < -0.3 is 16.0 Å². The standard InChI is InChI=1S/C20H22FN3O2/c21-15-10-8-14(9-11-15)13-16-5-3-4-12-24(16)20(26)19(25)23-18-7-2-1-6-17(18)22/h1-2,6-11,16H,3-5,12-13,22H2,(H,23,25). The van der Waals surface area contributed by atoms with Crippen molar-refractivity contribution < 1.29 is 14.0 Å². The van der Waals surface area contributed by atoms with E-state index in [-0.39, 0.29) is 11.9 Å². The molecule has 0 bridgehead atoms. The summed E-state index contributed by atoms with van der Waals surface area (Å²) in [5.74, 6) is -1.53. The number of carbonyl (C=O) groups is 2. The van der Waals surface area contributed by atoms with Crippen LogP contribution in [0.3, 0.4) is 0 Å². The topological polar surface area (TPSA) is 75.4 Å². The number of nitrogens with zero attached hydrogens (tertiary/aromatic N) is 1. The van der Waals surface area contributed by atoms with Gasteiger partial charge in [0, 0.05) is 12.6 Å². The number of piperidine rings is 1. The number of nitrogen functional groups attached to an aromatic ring is 1. The van der Waals surface area contributed by atoms with Crippen LogP contribution in [-0.2, 0) is 16.0 Å². The van der Waals surface area contributed by atoms with Gasteiger partial charge in [0.2, 0.25) is 0 Å². The first-order valence-electron chi connectivity index (χ1n) is 8.75. The van der Waals surface area contributed by atoms with E-state index in [9.17, 15) is 14.0 Å². The first kappa shape index (κ1) is 17.9. The quantitative estimate of drug-likeness (QED) is 0.656. The molecule has 2 amide bonds. The molecule has 3 rings (SSSR count). The van der Waals surface area contributed by atoms with Gasteiger partial charge in [-0.3, -0.25) is 9.59 Å². The van der Waals surface area contributed by atoms with E-state index in [1.807, 2.05) is 0 Å². The maximum Gasteiger partial charge on any atom is 0.313 e. The molecule has 0 aliphatic carbocycles. The van der Waals surface area contributed by atoms with Crippen molar-refractivity contribution >= 4 is 23.2 Å². The smallest absolute Gasteiger partial charge is 0.313 e. The number of hydrogen-bond donors (Lipinski definition) is 2. The van der Waals surface area contributed by atoms with E-state index >= 15 is 0 Å². The molecular weight excluding hydrogens is 333 g/mol. The van der Waals surface area contributed by atoms with E-state index in [1.54, 1.807) is 41.3 Å². The zero-order chi connectivity index (χ0) is 18.5. The van der Waals surface area contributed by atoms with Crippen LogP contribution < -0.4 is 11.1 Å². The molecule has 1 saturated heterocycles. The van der Waals surface area contributed by atoms with Crippen LogP contribution in [0.4, 0.5) is 15.8 Å². The van der Waals surface area contributed by atoms with Crippen molar-refractivity contribution in [2.45, 2.75) is 31.7 Å². The lowest BCUT2D eigenvalue weighted by Crippen LogP contribution is -2.49. The van der Waals surface area contributed by atoms with Gasteiger partial charge in [0.25, 0.3) is 0 Å². The summed E-state index contributed by atoms with van der Waals surface area (Å²) in [4.78, 5) is 26.7. The molecule has 0 aromatic heterocycles. The number of carbonyl (C=O) groups excluding carboxylic acids is 2. The number of amides is 2. The molecule has 3 N–H and O–H groups in total. The minimum atomic E-state index is -0.686. The van der Waals surface area contributed by atoms with Crippen LogP contribution in [-0.4, -0.2) is 29.3 Å². The molecule has 1 unspecified atom stereocenters. The Hall–Kier alpha value is -2.89. The van der Waals surface area contributed by atoms with E-state index in [0.29, 0.717) is 24.3 Å². The van der Waals surface area contributed by atoms with Gasteiger partial charge in [-0.15, -0.1) is 0 Å². The monoisotopic (exact) mass is 355 g/mol. The Balaban J connectivity index is 1.70. The summed E-state index contributed by atoms with van der Waals surface area (Å²) in [6, 6.07) is 13.0. The number of nitrogens with two attached hydrogens (primary N) is 1. The zero-order valence-electron chi connectivity index (χ0n) is 14.5. The fraction of sp³-hybridized carbons (Fsp3) is 0.300. The molecular formula is C20H22FN3O2. The molecule has 6 heteroatoms. The SMILES string of the molecule is Nc1ccccc1NC(=O)C(=O)N1CCCCC1Cc1ccc(F)cc1. The number of para-hydroxylation sites is 2. The van der Waals surface area contributed by atoms with Crippen molar-refractivity contribution in [3.05, 3.63) is 59.9 Å². The van der Waals surface area contributed by atoms with E-state index in [4.69, 9.17) is 5.73 Å². The molecule has 1 heterocycles. The maximum absolute atomic E-state index is 13.1. The third-order valence-electron chi connectivity index (χ3n) is 4.68. The van der Waals surface area contributed by atoms with Gasteiger partial charge in [-0.05, 0) is 55.5 Å². The van der Waals surface area contributed by atoms with Gasteiger partial charge in [-0.25, -0.2) is 4.39 Å². The van der Waals surface area contributed by atoms with Crippen LogP contribution in [0.25, 0.3) is 0 Å². The van der Waals surface area contributed by atoms with Crippen molar-refractivity contribution in [1.29, 1.82) is 0 Å². The Kier molecular flexibility index (Phi) is 5.51. The summed E-state index contributed by atoms with van der Waals surface area (Å²) in [5, 5.41) is 2.59. The lowest BCUT2D eigenvalue weighted by Gasteiger charge is -2.35. The van der Waals surface area contributed by atoms with Gasteiger partial charge in [0.05, 0.1) is 11.4 Å². The minimum Gasteiger partial charge on any atom is -0.397 e. The number of halogens is 1. The summed E-state index contributed by atoms with van der Waals surface area (Å²) in [6.07, 6.45) is 3.30. The summed E-state index contributed by atoms with van der Waals surface area (Å²) in [5.41, 5.74) is 7.61. The maximum atomic E-state index is 13.1. The van der Waals surface area contributed by atoms with Crippen LogP contribution in [0, 0.1) is 5.82 Å². The Morgan fingerprint density at radius 3 is 2.58 bits per heavy atom. The summed E-state index contributed by atoms with van der Waals surface area (Å²) >= 11 is 0. The number of anilines is 2. The van der Waals surface area contributed by atoms with E-state index in [1.165, 1.54) is 12.1 Å². The highest BCUT2D eigenvalue weighted by atomic mass is 19.1. The fourth-order valence-corrected chi connectivity index (χ4v) is 3.29. The van der Waals surface area contributed by atoms with Crippen molar-refractivity contribution in [1.82, 2.24) is 4.90 Å². The third-order valence-corrected chi connectivity index (χ3v) is 4.68.